The Morgan fingerprint density at radius 1 is 1.53 bits per heavy atom. The summed E-state index contributed by atoms with van der Waals surface area (Å²) in [6.07, 6.45) is 3.36. The van der Waals surface area contributed by atoms with Crippen molar-refractivity contribution in [3.8, 4) is 5.75 Å². The lowest BCUT2D eigenvalue weighted by molar-refractivity contribution is -0.385. The number of nitro benzene ring substituents is 1. The molecule has 5 nitrogen and oxygen atoms in total. The van der Waals surface area contributed by atoms with Crippen LogP contribution in [0.25, 0.3) is 0 Å². The predicted octanol–water partition coefficient (Wildman–Crippen LogP) is 2.67. The molecule has 1 aliphatic heterocycles. The van der Waals surface area contributed by atoms with E-state index in [1.807, 2.05) is 13.0 Å². The Hall–Kier alpha value is -1.62. The van der Waals surface area contributed by atoms with Gasteiger partial charge in [0, 0.05) is 6.07 Å². The highest BCUT2D eigenvalue weighted by atomic mass is 16.6. The van der Waals surface area contributed by atoms with E-state index in [1.165, 1.54) is 12.8 Å². The number of rotatable bonds is 5. The van der Waals surface area contributed by atoms with Crippen LogP contribution in [0.3, 0.4) is 0 Å². The molecule has 1 aliphatic rings. The molecule has 0 spiro atoms. The minimum Gasteiger partial charge on any atom is -0.487 e. The first-order chi connectivity index (χ1) is 9.16. The summed E-state index contributed by atoms with van der Waals surface area (Å²) in [5.74, 6) is 0.998. The van der Waals surface area contributed by atoms with Crippen LogP contribution in [-0.4, -0.2) is 24.6 Å². The zero-order valence-electron chi connectivity index (χ0n) is 11.2. The highest BCUT2D eigenvalue weighted by molar-refractivity contribution is 5.48. The fourth-order valence-electron chi connectivity index (χ4n) is 2.40. The fraction of sp³-hybridized carbons (Fsp3) is 0.571. The predicted molar refractivity (Wildman–Crippen MR) is 73.5 cm³/mol. The molecule has 0 bridgehead atoms. The van der Waals surface area contributed by atoms with Crippen LogP contribution in [0.1, 0.15) is 24.8 Å². The molecule has 0 amide bonds. The molecule has 0 aromatic heterocycles. The number of nitro groups is 1. The smallest absolute Gasteiger partial charge is 0.311 e. The number of ether oxygens (including phenoxy) is 1. The molecule has 5 heteroatoms. The molecule has 0 aliphatic carbocycles. The van der Waals surface area contributed by atoms with Crippen molar-refractivity contribution in [1.82, 2.24) is 5.32 Å². The van der Waals surface area contributed by atoms with Crippen LogP contribution in [0.2, 0.25) is 0 Å². The molecule has 1 saturated heterocycles. The van der Waals surface area contributed by atoms with E-state index in [-0.39, 0.29) is 10.6 Å². The standard InChI is InChI=1S/C14H20N2O3/c1-11-4-5-14(13(9-11)16(17)18)19-8-6-12-3-2-7-15-10-12/h4-5,9,12,15H,2-3,6-8,10H2,1H3. The fourth-order valence-corrected chi connectivity index (χ4v) is 2.40. The molecule has 1 atom stereocenters. The Kier molecular flexibility index (Phi) is 4.74. The summed E-state index contributed by atoms with van der Waals surface area (Å²) < 4.78 is 5.59. The van der Waals surface area contributed by atoms with E-state index in [9.17, 15) is 10.1 Å². The second-order valence-electron chi connectivity index (χ2n) is 5.08. The molecule has 0 radical (unpaired) electrons. The average molecular weight is 264 g/mol. The first-order valence-electron chi connectivity index (χ1n) is 6.75. The summed E-state index contributed by atoms with van der Waals surface area (Å²) in [4.78, 5) is 10.6. The Balaban J connectivity index is 1.89. The van der Waals surface area contributed by atoms with E-state index >= 15 is 0 Å². The van der Waals surface area contributed by atoms with Gasteiger partial charge in [0.2, 0.25) is 0 Å². The molecule has 1 unspecified atom stereocenters. The lowest BCUT2D eigenvalue weighted by atomic mass is 9.97. The van der Waals surface area contributed by atoms with E-state index < -0.39 is 0 Å². The topological polar surface area (TPSA) is 64.4 Å². The largest absolute Gasteiger partial charge is 0.487 e. The molecule has 2 rings (SSSR count). The zero-order chi connectivity index (χ0) is 13.7. The van der Waals surface area contributed by atoms with Crippen molar-refractivity contribution in [2.45, 2.75) is 26.2 Å². The van der Waals surface area contributed by atoms with E-state index in [4.69, 9.17) is 4.74 Å². The third kappa shape index (κ3) is 3.92. The van der Waals surface area contributed by atoms with Crippen molar-refractivity contribution in [3.63, 3.8) is 0 Å². The van der Waals surface area contributed by atoms with Gasteiger partial charge in [0.1, 0.15) is 0 Å². The van der Waals surface area contributed by atoms with Gasteiger partial charge in [-0.05, 0) is 56.8 Å². The van der Waals surface area contributed by atoms with E-state index in [2.05, 4.69) is 5.32 Å². The monoisotopic (exact) mass is 264 g/mol. The van der Waals surface area contributed by atoms with Gasteiger partial charge in [-0.2, -0.15) is 0 Å². The number of benzene rings is 1. The average Bonchev–Trinajstić information content (AvgIpc) is 2.41. The van der Waals surface area contributed by atoms with Crippen molar-refractivity contribution in [2.75, 3.05) is 19.7 Å². The van der Waals surface area contributed by atoms with Crippen LogP contribution in [0, 0.1) is 23.0 Å². The zero-order valence-corrected chi connectivity index (χ0v) is 11.2. The van der Waals surface area contributed by atoms with Crippen molar-refractivity contribution in [2.24, 2.45) is 5.92 Å². The van der Waals surface area contributed by atoms with Crippen LogP contribution < -0.4 is 10.1 Å². The maximum absolute atomic E-state index is 11.0. The SMILES string of the molecule is Cc1ccc(OCCC2CCCNC2)c([N+](=O)[O-])c1. The molecular weight excluding hydrogens is 244 g/mol. The summed E-state index contributed by atoms with van der Waals surface area (Å²) >= 11 is 0. The summed E-state index contributed by atoms with van der Waals surface area (Å²) in [6, 6.07) is 5.08. The Morgan fingerprint density at radius 3 is 3.05 bits per heavy atom. The third-order valence-electron chi connectivity index (χ3n) is 3.49. The molecule has 1 heterocycles. The van der Waals surface area contributed by atoms with E-state index in [1.54, 1.807) is 12.1 Å². The molecule has 104 valence electrons. The van der Waals surface area contributed by atoms with Crippen LogP contribution in [0.4, 0.5) is 5.69 Å². The third-order valence-corrected chi connectivity index (χ3v) is 3.49. The highest BCUT2D eigenvalue weighted by Crippen LogP contribution is 2.28. The number of hydrogen-bond donors (Lipinski definition) is 1. The number of hydrogen-bond acceptors (Lipinski definition) is 4. The second kappa shape index (κ2) is 6.52. The maximum atomic E-state index is 11.0. The summed E-state index contributed by atoms with van der Waals surface area (Å²) in [7, 11) is 0. The van der Waals surface area contributed by atoms with Crippen molar-refractivity contribution in [1.29, 1.82) is 0 Å². The van der Waals surface area contributed by atoms with E-state index in [0.717, 1.165) is 25.1 Å². The van der Waals surface area contributed by atoms with Crippen LogP contribution in [-0.2, 0) is 0 Å². The summed E-state index contributed by atoms with van der Waals surface area (Å²) in [5.41, 5.74) is 0.928. The van der Waals surface area contributed by atoms with E-state index in [0.29, 0.717) is 18.3 Å². The summed E-state index contributed by atoms with van der Waals surface area (Å²) in [5, 5.41) is 14.3. The molecule has 1 aromatic rings. The van der Waals surface area contributed by atoms with Gasteiger partial charge >= 0.3 is 5.69 Å². The van der Waals surface area contributed by atoms with Gasteiger partial charge in [-0.1, -0.05) is 6.07 Å². The van der Waals surface area contributed by atoms with Crippen molar-refractivity contribution in [3.05, 3.63) is 33.9 Å². The van der Waals surface area contributed by atoms with Gasteiger partial charge in [-0.3, -0.25) is 10.1 Å². The number of nitrogens with zero attached hydrogens (tertiary/aromatic N) is 1. The molecule has 19 heavy (non-hydrogen) atoms. The number of piperidine rings is 1. The summed E-state index contributed by atoms with van der Waals surface area (Å²) in [6.45, 7) is 4.50. The number of aryl methyl sites for hydroxylation is 1. The normalized spacial score (nSPS) is 19.1. The van der Waals surface area contributed by atoms with Gasteiger partial charge in [0.05, 0.1) is 11.5 Å². The van der Waals surface area contributed by atoms with Crippen molar-refractivity contribution < 1.29 is 9.66 Å². The lowest BCUT2D eigenvalue weighted by Gasteiger charge is -2.22. The quantitative estimate of drug-likeness (QED) is 0.656. The first kappa shape index (κ1) is 13.8. The molecule has 0 saturated carbocycles. The van der Waals surface area contributed by atoms with Crippen LogP contribution >= 0.6 is 0 Å². The Labute approximate surface area is 113 Å². The molecule has 1 fully saturated rings. The molecule has 1 N–H and O–H groups in total. The minimum absolute atomic E-state index is 0.0572. The highest BCUT2D eigenvalue weighted by Gasteiger charge is 2.17. The second-order valence-corrected chi connectivity index (χ2v) is 5.08. The van der Waals surface area contributed by atoms with Crippen molar-refractivity contribution >= 4 is 5.69 Å². The number of nitrogens with one attached hydrogen (secondary N) is 1. The van der Waals surface area contributed by atoms with Gasteiger partial charge in [0.15, 0.2) is 5.75 Å². The minimum atomic E-state index is -0.384. The Morgan fingerprint density at radius 2 is 2.37 bits per heavy atom. The van der Waals surface area contributed by atoms with Gasteiger partial charge in [0.25, 0.3) is 0 Å². The van der Waals surface area contributed by atoms with Gasteiger partial charge in [-0.25, -0.2) is 0 Å². The lowest BCUT2D eigenvalue weighted by Crippen LogP contribution is -2.30. The van der Waals surface area contributed by atoms with Gasteiger partial charge < -0.3 is 10.1 Å². The first-order valence-corrected chi connectivity index (χ1v) is 6.75. The van der Waals surface area contributed by atoms with Crippen LogP contribution in [0.5, 0.6) is 5.75 Å². The Bertz CT molecular complexity index is 442. The molecular formula is C14H20N2O3. The van der Waals surface area contributed by atoms with Gasteiger partial charge in [-0.15, -0.1) is 0 Å². The molecule has 1 aromatic carbocycles. The maximum Gasteiger partial charge on any atom is 0.311 e. The van der Waals surface area contributed by atoms with Crippen LogP contribution in [0.15, 0.2) is 18.2 Å².